The second-order valence-electron chi connectivity index (χ2n) is 10.9. The molecule has 0 N–H and O–H groups in total. The summed E-state index contributed by atoms with van der Waals surface area (Å²) in [6.45, 7) is 0. The molecule has 0 radical (unpaired) electrons. The fourth-order valence-electron chi connectivity index (χ4n) is 6.26. The molecular weight excluding hydrogens is 569 g/mol. The first-order valence-electron chi connectivity index (χ1n) is 22.3. The fourth-order valence-corrected chi connectivity index (χ4v) is 6.26. The molecule has 8 aromatic carbocycles. The van der Waals surface area contributed by atoms with Crippen molar-refractivity contribution in [1.29, 1.82) is 0 Å². The molecule has 9 rings (SSSR count). The summed E-state index contributed by atoms with van der Waals surface area (Å²) in [4.78, 5) is 4.83. The summed E-state index contributed by atoms with van der Waals surface area (Å²) in [5.74, 6) is 0.327. The lowest BCUT2D eigenvalue weighted by Crippen LogP contribution is -1.97. The molecule has 1 heterocycles. The van der Waals surface area contributed by atoms with Crippen LogP contribution in [0.3, 0.4) is 0 Å². The van der Waals surface area contributed by atoms with E-state index in [1.54, 1.807) is 83.4 Å². The lowest BCUT2D eigenvalue weighted by Gasteiger charge is -2.18. The standard InChI is InChI=1S/C45H30N2/c1-4-14-32(15-5-1)43-37-20-10-11-21-38(37)44(33-16-6-2-7-17-33)40-30-35(28-29-39(40)43)31-24-26-34(27-25-31)45-46-41-22-12-13-23-42(41)47(45)36-18-8-3-9-19-36/h1-30H/i1D,2D,3D,4D,5D,6D,7D,8D,9D,14D,15D,16D,17D,18D,19D. The van der Waals surface area contributed by atoms with Gasteiger partial charge in [0, 0.05) is 11.3 Å². The van der Waals surface area contributed by atoms with Crippen molar-refractivity contribution in [2.24, 2.45) is 0 Å². The molecule has 1 aromatic heterocycles. The number of benzene rings is 8. The predicted molar refractivity (Wildman–Crippen MR) is 198 cm³/mol. The van der Waals surface area contributed by atoms with Gasteiger partial charge < -0.3 is 0 Å². The van der Waals surface area contributed by atoms with Gasteiger partial charge in [0.25, 0.3) is 0 Å². The molecular formula is C45H30N2. The zero-order valence-electron chi connectivity index (χ0n) is 39.6. The molecule has 220 valence electrons. The van der Waals surface area contributed by atoms with Gasteiger partial charge in [-0.25, -0.2) is 4.98 Å². The zero-order valence-corrected chi connectivity index (χ0v) is 24.6. The van der Waals surface area contributed by atoms with Crippen LogP contribution in [-0.2, 0) is 0 Å². The highest BCUT2D eigenvalue weighted by Crippen LogP contribution is 2.44. The van der Waals surface area contributed by atoms with Gasteiger partial charge in [-0.15, -0.1) is 0 Å². The van der Waals surface area contributed by atoms with Gasteiger partial charge in [-0.3, -0.25) is 4.57 Å². The molecule has 0 aliphatic rings. The third-order valence-electron chi connectivity index (χ3n) is 8.27. The van der Waals surface area contributed by atoms with E-state index in [4.69, 9.17) is 25.5 Å². The first-order chi connectivity index (χ1) is 29.5. The number of hydrogen-bond acceptors (Lipinski definition) is 1. The summed E-state index contributed by atoms with van der Waals surface area (Å²) in [7, 11) is 0. The molecule has 0 saturated carbocycles. The number of hydrogen-bond donors (Lipinski definition) is 0. The van der Waals surface area contributed by atoms with Crippen LogP contribution in [-0.4, -0.2) is 9.55 Å². The van der Waals surface area contributed by atoms with Crippen LogP contribution in [0.2, 0.25) is 0 Å². The van der Waals surface area contributed by atoms with E-state index in [2.05, 4.69) is 0 Å². The van der Waals surface area contributed by atoms with Crippen LogP contribution in [0.5, 0.6) is 0 Å². The Morgan fingerprint density at radius 3 is 1.60 bits per heavy atom. The van der Waals surface area contributed by atoms with Crippen LogP contribution in [0.1, 0.15) is 20.6 Å². The molecule has 2 heteroatoms. The van der Waals surface area contributed by atoms with E-state index in [9.17, 15) is 0 Å². The summed E-state index contributed by atoms with van der Waals surface area (Å²) in [5.41, 5.74) is 3.37. The summed E-state index contributed by atoms with van der Waals surface area (Å²) in [6.07, 6.45) is 0. The third kappa shape index (κ3) is 4.62. The van der Waals surface area contributed by atoms with Crippen LogP contribution in [0, 0.1) is 0 Å². The van der Waals surface area contributed by atoms with Crippen LogP contribution < -0.4 is 0 Å². The van der Waals surface area contributed by atoms with Gasteiger partial charge in [0.2, 0.25) is 0 Å². The minimum Gasteiger partial charge on any atom is -0.292 e. The Balaban J connectivity index is 1.32. The fraction of sp³-hybridized carbons (Fsp3) is 0. The van der Waals surface area contributed by atoms with Crippen molar-refractivity contribution in [2.45, 2.75) is 0 Å². The Morgan fingerprint density at radius 2 is 0.936 bits per heavy atom. The molecule has 0 saturated heterocycles. The first kappa shape index (κ1) is 15.8. The minimum atomic E-state index is -0.561. The van der Waals surface area contributed by atoms with Crippen molar-refractivity contribution in [2.75, 3.05) is 0 Å². The average molecular weight is 614 g/mol. The number of aromatic nitrogens is 2. The lowest BCUT2D eigenvalue weighted by molar-refractivity contribution is 1.10. The van der Waals surface area contributed by atoms with Gasteiger partial charge in [0.1, 0.15) is 5.82 Å². The summed E-state index contributed by atoms with van der Waals surface area (Å²) in [6, 6.07) is 19.2. The molecule has 0 unspecified atom stereocenters. The Bertz CT molecular complexity index is 3330. The van der Waals surface area contributed by atoms with Crippen molar-refractivity contribution < 1.29 is 20.6 Å². The van der Waals surface area contributed by atoms with Crippen molar-refractivity contribution >= 4 is 32.6 Å². The number of nitrogens with zero attached hydrogens (tertiary/aromatic N) is 2. The van der Waals surface area contributed by atoms with E-state index in [1.807, 2.05) is 12.1 Å². The van der Waals surface area contributed by atoms with E-state index in [1.165, 1.54) is 0 Å². The van der Waals surface area contributed by atoms with Crippen LogP contribution >= 0.6 is 0 Å². The third-order valence-corrected chi connectivity index (χ3v) is 8.27. The van der Waals surface area contributed by atoms with Crippen molar-refractivity contribution in [3.63, 3.8) is 0 Å². The molecule has 0 amide bonds. The molecule has 0 fully saturated rings. The lowest BCUT2D eigenvalue weighted by atomic mass is 9.85. The molecule has 0 spiro atoms. The second kappa shape index (κ2) is 11.3. The number of rotatable bonds is 5. The summed E-state index contributed by atoms with van der Waals surface area (Å²) >= 11 is 0. The number of imidazole rings is 1. The SMILES string of the molecule is [2H]c1c([2H])c([2H])c(-c2c3ccccc3c(-c3c([2H])c([2H])c([2H])c([2H])c3[2H])c3cc(-c4ccc(-c5nc6ccccc6n5-c5c([2H])c([2H])c([2H])c([2H])c5[2H])cc4)ccc23)c([2H])c1[2H]. The largest absolute Gasteiger partial charge is 0.292 e. The molecule has 2 nitrogen and oxygen atoms in total. The smallest absolute Gasteiger partial charge is 0.145 e. The highest BCUT2D eigenvalue weighted by atomic mass is 15.1. The van der Waals surface area contributed by atoms with E-state index in [-0.39, 0.29) is 16.8 Å². The Labute approximate surface area is 294 Å². The molecule has 0 atom stereocenters. The van der Waals surface area contributed by atoms with E-state index in [0.717, 1.165) is 0 Å². The predicted octanol–water partition coefficient (Wildman–Crippen LogP) is 12.0. The van der Waals surface area contributed by atoms with Crippen LogP contribution in [0.4, 0.5) is 0 Å². The quantitative estimate of drug-likeness (QED) is 0.177. The topological polar surface area (TPSA) is 17.8 Å². The molecule has 47 heavy (non-hydrogen) atoms. The zero-order chi connectivity index (χ0) is 44.2. The Hall–Kier alpha value is -6.25. The number of fused-ring (bicyclic) bond motifs is 3. The molecule has 9 aromatic rings. The normalized spacial score (nSPS) is 15.9. The van der Waals surface area contributed by atoms with Gasteiger partial charge in [0.05, 0.1) is 31.6 Å². The molecule has 0 aliphatic carbocycles. The Morgan fingerprint density at radius 1 is 0.426 bits per heavy atom. The maximum Gasteiger partial charge on any atom is 0.145 e. The van der Waals surface area contributed by atoms with E-state index < -0.39 is 90.6 Å². The van der Waals surface area contributed by atoms with Crippen molar-refractivity contribution in [1.82, 2.24) is 9.55 Å². The molecule has 0 bridgehead atoms. The maximum absolute atomic E-state index is 9.03. The van der Waals surface area contributed by atoms with Gasteiger partial charge >= 0.3 is 0 Å². The van der Waals surface area contributed by atoms with Crippen LogP contribution in [0.25, 0.3) is 83.0 Å². The van der Waals surface area contributed by atoms with Crippen molar-refractivity contribution in [3.05, 3.63) is 182 Å². The van der Waals surface area contributed by atoms with Gasteiger partial charge in [0.15, 0.2) is 0 Å². The van der Waals surface area contributed by atoms with Crippen molar-refractivity contribution in [3.8, 4) is 50.5 Å². The van der Waals surface area contributed by atoms with Gasteiger partial charge in [-0.05, 0) is 85.2 Å². The maximum atomic E-state index is 9.03. The number of para-hydroxylation sites is 3. The van der Waals surface area contributed by atoms with E-state index >= 15 is 0 Å². The van der Waals surface area contributed by atoms with Gasteiger partial charge in [-0.1, -0.05) is 151 Å². The van der Waals surface area contributed by atoms with Gasteiger partial charge in [-0.2, -0.15) is 0 Å². The highest BCUT2D eigenvalue weighted by molar-refractivity contribution is 6.21. The van der Waals surface area contributed by atoms with E-state index in [0.29, 0.717) is 66.2 Å². The second-order valence-corrected chi connectivity index (χ2v) is 10.9. The molecule has 0 aliphatic heterocycles. The average Bonchev–Trinajstić information content (AvgIpc) is 3.67. The summed E-state index contributed by atoms with van der Waals surface area (Å²) < 4.78 is 131. The minimum absolute atomic E-state index is 0.0519. The highest BCUT2D eigenvalue weighted by Gasteiger charge is 2.18. The Kier molecular flexibility index (Phi) is 3.80. The van der Waals surface area contributed by atoms with Crippen LogP contribution in [0.15, 0.2) is 182 Å². The monoisotopic (exact) mass is 613 g/mol. The first-order valence-corrected chi connectivity index (χ1v) is 14.8. The summed E-state index contributed by atoms with van der Waals surface area (Å²) in [5, 5.41) is 1.68.